The van der Waals surface area contributed by atoms with E-state index < -0.39 is 0 Å². The zero-order valence-corrected chi connectivity index (χ0v) is 13.4. The summed E-state index contributed by atoms with van der Waals surface area (Å²) >= 11 is 0. The Balaban J connectivity index is 1.57. The summed E-state index contributed by atoms with van der Waals surface area (Å²) < 4.78 is 1.77. The number of aryl methyl sites for hydroxylation is 1. The number of carbonyl (C=O) groups excluding carboxylic acids is 1. The van der Waals surface area contributed by atoms with E-state index in [0.717, 1.165) is 23.4 Å². The number of anilines is 3. The number of nitrogens with zero attached hydrogens (tertiary/aromatic N) is 4. The predicted octanol–water partition coefficient (Wildman–Crippen LogP) is 2.57. The van der Waals surface area contributed by atoms with Crippen LogP contribution in [-0.2, 0) is 13.0 Å². The van der Waals surface area contributed by atoms with Gasteiger partial charge in [0.25, 0.3) is 5.91 Å². The van der Waals surface area contributed by atoms with Gasteiger partial charge >= 0.3 is 0 Å². The van der Waals surface area contributed by atoms with Crippen molar-refractivity contribution in [2.24, 2.45) is 0 Å². The predicted molar refractivity (Wildman–Crippen MR) is 91.6 cm³/mol. The molecule has 0 atom stereocenters. The molecule has 4 rings (SSSR count). The largest absolute Gasteiger partial charge is 0.331 e. The Labute approximate surface area is 139 Å². The zero-order valence-electron chi connectivity index (χ0n) is 13.4. The zero-order chi connectivity index (χ0) is 16.5. The maximum Gasteiger partial charge on any atom is 0.276 e. The lowest BCUT2D eigenvalue weighted by molar-refractivity contribution is 0.0970. The van der Waals surface area contributed by atoms with Crippen LogP contribution in [0.5, 0.6) is 0 Å². The molecule has 3 aromatic rings. The van der Waals surface area contributed by atoms with Gasteiger partial charge < -0.3 is 15.2 Å². The molecule has 0 saturated carbocycles. The normalized spacial score (nSPS) is 13.9. The second kappa shape index (κ2) is 5.84. The lowest BCUT2D eigenvalue weighted by Gasteiger charge is -2.27. The third-order valence-electron chi connectivity index (χ3n) is 4.21. The summed E-state index contributed by atoms with van der Waals surface area (Å²) in [7, 11) is 0. The molecule has 0 spiro atoms. The van der Waals surface area contributed by atoms with E-state index in [4.69, 9.17) is 0 Å². The molecule has 1 amide bonds. The van der Waals surface area contributed by atoms with Gasteiger partial charge in [-0.15, -0.1) is 0 Å². The number of benzene rings is 1. The Morgan fingerprint density at radius 3 is 2.83 bits per heavy atom. The molecule has 0 saturated heterocycles. The molecule has 0 unspecified atom stereocenters. The van der Waals surface area contributed by atoms with Gasteiger partial charge in [0.2, 0.25) is 5.95 Å². The maximum absolute atomic E-state index is 12.8. The highest BCUT2D eigenvalue weighted by Gasteiger charge is 2.29. The smallest absolute Gasteiger partial charge is 0.276 e. The molecule has 0 bridgehead atoms. The minimum absolute atomic E-state index is 0.0161. The van der Waals surface area contributed by atoms with Crippen molar-refractivity contribution in [2.75, 3.05) is 16.8 Å². The minimum Gasteiger partial charge on any atom is -0.331 e. The van der Waals surface area contributed by atoms with Crippen molar-refractivity contribution in [1.82, 2.24) is 19.7 Å². The van der Waals surface area contributed by atoms with Gasteiger partial charge in [0.05, 0.1) is 6.20 Å². The van der Waals surface area contributed by atoms with Crippen LogP contribution >= 0.6 is 0 Å². The number of fused-ring (bicyclic) bond motifs is 1. The van der Waals surface area contributed by atoms with E-state index in [1.807, 2.05) is 42.3 Å². The molecule has 2 aromatic heterocycles. The van der Waals surface area contributed by atoms with Gasteiger partial charge in [-0.1, -0.05) is 0 Å². The fourth-order valence-electron chi connectivity index (χ4n) is 3.00. The molecular formula is C17H18N6O. The van der Waals surface area contributed by atoms with Crippen LogP contribution in [0.1, 0.15) is 23.0 Å². The van der Waals surface area contributed by atoms with Crippen molar-refractivity contribution in [3.8, 4) is 0 Å². The average Bonchev–Trinajstić information content (AvgIpc) is 3.25. The van der Waals surface area contributed by atoms with E-state index in [1.54, 1.807) is 17.1 Å². The number of rotatable bonds is 4. The molecule has 24 heavy (non-hydrogen) atoms. The molecule has 122 valence electrons. The lowest BCUT2D eigenvalue weighted by Crippen LogP contribution is -2.38. The fraction of sp³-hybridized carbons (Fsp3) is 0.235. The van der Waals surface area contributed by atoms with Crippen molar-refractivity contribution in [1.29, 1.82) is 0 Å². The van der Waals surface area contributed by atoms with E-state index in [2.05, 4.69) is 20.4 Å². The SMILES string of the molecule is CCn1ncc2c1C(=O)N(c1ccc(Nc3ncc[nH]3)cc1)CC2. The first-order chi connectivity index (χ1) is 11.8. The highest BCUT2D eigenvalue weighted by molar-refractivity contribution is 6.07. The van der Waals surface area contributed by atoms with E-state index in [1.165, 1.54) is 0 Å². The number of aromatic nitrogens is 4. The molecule has 7 nitrogen and oxygen atoms in total. The molecule has 1 aromatic carbocycles. The van der Waals surface area contributed by atoms with Gasteiger partial charge in [-0.25, -0.2) is 4.98 Å². The Kier molecular flexibility index (Phi) is 3.53. The van der Waals surface area contributed by atoms with Crippen molar-refractivity contribution in [3.05, 3.63) is 54.1 Å². The van der Waals surface area contributed by atoms with Crippen LogP contribution < -0.4 is 10.2 Å². The summed E-state index contributed by atoms with van der Waals surface area (Å²) in [5.41, 5.74) is 3.55. The van der Waals surface area contributed by atoms with E-state index in [-0.39, 0.29) is 5.91 Å². The summed E-state index contributed by atoms with van der Waals surface area (Å²) in [6.45, 7) is 3.36. The van der Waals surface area contributed by atoms with Crippen LogP contribution in [-0.4, -0.2) is 32.2 Å². The van der Waals surface area contributed by atoms with Crippen molar-refractivity contribution in [3.63, 3.8) is 0 Å². The molecule has 1 aliphatic rings. The molecule has 0 aliphatic carbocycles. The number of H-pyrrole nitrogens is 1. The first-order valence-corrected chi connectivity index (χ1v) is 7.99. The van der Waals surface area contributed by atoms with Gasteiger partial charge in [-0.3, -0.25) is 9.48 Å². The number of imidazole rings is 1. The number of hydrogen-bond donors (Lipinski definition) is 2. The first kappa shape index (κ1) is 14.5. The summed E-state index contributed by atoms with van der Waals surface area (Å²) in [6, 6.07) is 7.77. The number of nitrogens with one attached hydrogen (secondary N) is 2. The average molecular weight is 322 g/mol. The van der Waals surface area contributed by atoms with Crippen molar-refractivity contribution >= 4 is 23.2 Å². The Morgan fingerprint density at radius 2 is 2.12 bits per heavy atom. The van der Waals surface area contributed by atoms with Crippen LogP contribution in [0.4, 0.5) is 17.3 Å². The summed E-state index contributed by atoms with van der Waals surface area (Å²) in [5.74, 6) is 0.704. The van der Waals surface area contributed by atoms with Crippen LogP contribution in [0.25, 0.3) is 0 Å². The van der Waals surface area contributed by atoms with Gasteiger partial charge in [0.1, 0.15) is 5.69 Å². The maximum atomic E-state index is 12.8. The van der Waals surface area contributed by atoms with Crippen LogP contribution in [0, 0.1) is 0 Å². The lowest BCUT2D eigenvalue weighted by atomic mass is 10.1. The number of aromatic amines is 1. The number of amides is 1. The molecule has 1 aliphatic heterocycles. The van der Waals surface area contributed by atoms with E-state index in [9.17, 15) is 4.79 Å². The topological polar surface area (TPSA) is 78.8 Å². The van der Waals surface area contributed by atoms with Gasteiger partial charge in [-0.2, -0.15) is 5.10 Å². The third-order valence-corrected chi connectivity index (χ3v) is 4.21. The van der Waals surface area contributed by atoms with Gasteiger partial charge in [-0.05, 0) is 37.6 Å². The standard InChI is InChI=1S/C17H18N6O/c1-2-23-15-12(11-20-23)7-10-22(16(15)24)14-5-3-13(4-6-14)21-17-18-8-9-19-17/h3-6,8-9,11H,2,7,10H2,1H3,(H2,18,19,21). The van der Waals surface area contributed by atoms with Crippen LogP contribution in [0.3, 0.4) is 0 Å². The van der Waals surface area contributed by atoms with E-state index in [0.29, 0.717) is 24.7 Å². The molecular weight excluding hydrogens is 304 g/mol. The molecule has 0 fully saturated rings. The molecule has 7 heteroatoms. The number of carbonyl (C=O) groups is 1. The monoisotopic (exact) mass is 322 g/mol. The third kappa shape index (κ3) is 2.44. The summed E-state index contributed by atoms with van der Waals surface area (Å²) in [6.07, 6.45) is 6.09. The minimum atomic E-state index is 0.0161. The highest BCUT2D eigenvalue weighted by Crippen LogP contribution is 2.26. The Morgan fingerprint density at radius 1 is 1.29 bits per heavy atom. The van der Waals surface area contributed by atoms with Crippen LogP contribution in [0.2, 0.25) is 0 Å². The molecule has 0 radical (unpaired) electrons. The summed E-state index contributed by atoms with van der Waals surface area (Å²) in [4.78, 5) is 21.8. The van der Waals surface area contributed by atoms with E-state index >= 15 is 0 Å². The summed E-state index contributed by atoms with van der Waals surface area (Å²) in [5, 5.41) is 7.47. The van der Waals surface area contributed by atoms with Gasteiger partial charge in [0.15, 0.2) is 0 Å². The second-order valence-corrected chi connectivity index (χ2v) is 5.65. The molecule has 3 heterocycles. The van der Waals surface area contributed by atoms with Crippen molar-refractivity contribution < 1.29 is 4.79 Å². The highest BCUT2D eigenvalue weighted by atomic mass is 16.2. The second-order valence-electron chi connectivity index (χ2n) is 5.65. The Hall–Kier alpha value is -3.09. The quantitative estimate of drug-likeness (QED) is 0.774. The Bertz CT molecular complexity index is 836. The first-order valence-electron chi connectivity index (χ1n) is 7.99. The van der Waals surface area contributed by atoms with Crippen molar-refractivity contribution in [2.45, 2.75) is 19.9 Å². The van der Waals surface area contributed by atoms with Crippen LogP contribution in [0.15, 0.2) is 42.9 Å². The van der Waals surface area contributed by atoms with Gasteiger partial charge in [0, 0.05) is 42.4 Å². The molecule has 2 N–H and O–H groups in total. The fourth-order valence-corrected chi connectivity index (χ4v) is 3.00. The number of hydrogen-bond acceptors (Lipinski definition) is 4.